The molecule has 0 amide bonds. The maximum Gasteiger partial charge on any atom is 0.191 e. The molecule has 0 bridgehead atoms. The number of guanidine groups is 1. The highest BCUT2D eigenvalue weighted by Crippen LogP contribution is 2.22. The third-order valence-electron chi connectivity index (χ3n) is 6.17. The fourth-order valence-corrected chi connectivity index (χ4v) is 4.37. The molecule has 2 aliphatic rings. The van der Waals surface area contributed by atoms with Crippen LogP contribution in [0.5, 0.6) is 0 Å². The number of nitrogens with one attached hydrogen (secondary N) is 2. The van der Waals surface area contributed by atoms with E-state index in [1.807, 2.05) is 6.07 Å². The Kier molecular flexibility index (Phi) is 9.52. The van der Waals surface area contributed by atoms with Gasteiger partial charge in [0.25, 0.3) is 0 Å². The Balaban J connectivity index is 1.60. The number of aliphatic imine (C=N–C) groups is 1. The number of rotatable bonds is 8. The summed E-state index contributed by atoms with van der Waals surface area (Å²) in [4.78, 5) is 9.27. The summed E-state index contributed by atoms with van der Waals surface area (Å²) in [5.74, 6) is 1.09. The Morgan fingerprint density at radius 3 is 2.19 bits per heavy atom. The standard InChI is InChI=1S/C23H38FN5O2/c1-18(2)21(28-7-11-30-12-8-28)16-26-23(25-3)27-17-22(29-9-13-31-14-10-29)19-5-4-6-20(24)15-19/h4-6,15,18,21-22H,7-14,16-17H2,1-3H3,(H2,25,26,27). The van der Waals surface area contributed by atoms with Crippen LogP contribution in [0.2, 0.25) is 0 Å². The van der Waals surface area contributed by atoms with Crippen LogP contribution in [0.15, 0.2) is 29.3 Å². The van der Waals surface area contributed by atoms with Crippen molar-refractivity contribution in [3.63, 3.8) is 0 Å². The van der Waals surface area contributed by atoms with Gasteiger partial charge in [0.05, 0.1) is 32.5 Å². The Bertz CT molecular complexity index is 690. The fourth-order valence-electron chi connectivity index (χ4n) is 4.37. The zero-order valence-electron chi connectivity index (χ0n) is 19.1. The molecule has 0 aliphatic carbocycles. The molecule has 0 spiro atoms. The van der Waals surface area contributed by atoms with Crippen LogP contribution in [0.1, 0.15) is 25.5 Å². The monoisotopic (exact) mass is 435 g/mol. The Morgan fingerprint density at radius 1 is 1.00 bits per heavy atom. The lowest BCUT2D eigenvalue weighted by Crippen LogP contribution is -2.53. The van der Waals surface area contributed by atoms with Crippen LogP contribution in [0.4, 0.5) is 4.39 Å². The van der Waals surface area contributed by atoms with Gasteiger partial charge >= 0.3 is 0 Å². The number of hydrogen-bond acceptors (Lipinski definition) is 5. The van der Waals surface area contributed by atoms with Crippen molar-refractivity contribution in [2.24, 2.45) is 10.9 Å². The molecule has 31 heavy (non-hydrogen) atoms. The first kappa shape index (κ1) is 23.9. The van der Waals surface area contributed by atoms with Gasteiger partial charge in [-0.15, -0.1) is 0 Å². The lowest BCUT2D eigenvalue weighted by Gasteiger charge is -2.37. The van der Waals surface area contributed by atoms with Crippen LogP contribution >= 0.6 is 0 Å². The number of benzene rings is 1. The number of nitrogens with zero attached hydrogens (tertiary/aromatic N) is 3. The Morgan fingerprint density at radius 2 is 1.61 bits per heavy atom. The summed E-state index contributed by atoms with van der Waals surface area (Å²) in [6.07, 6.45) is 0. The quantitative estimate of drug-likeness (QED) is 0.479. The largest absolute Gasteiger partial charge is 0.379 e. The minimum absolute atomic E-state index is 0.0540. The van der Waals surface area contributed by atoms with E-state index < -0.39 is 0 Å². The van der Waals surface area contributed by atoms with Crippen LogP contribution in [0.3, 0.4) is 0 Å². The molecule has 1 aromatic carbocycles. The maximum atomic E-state index is 13.9. The second-order valence-corrected chi connectivity index (χ2v) is 8.51. The molecule has 0 aromatic heterocycles. The van der Waals surface area contributed by atoms with Crippen molar-refractivity contribution < 1.29 is 13.9 Å². The molecule has 0 radical (unpaired) electrons. The molecule has 2 saturated heterocycles. The van der Waals surface area contributed by atoms with Crippen molar-refractivity contribution in [3.05, 3.63) is 35.6 Å². The predicted molar refractivity (Wildman–Crippen MR) is 122 cm³/mol. The molecule has 2 N–H and O–H groups in total. The summed E-state index contributed by atoms with van der Waals surface area (Å²) < 4.78 is 24.9. The zero-order valence-corrected chi connectivity index (χ0v) is 19.1. The van der Waals surface area contributed by atoms with E-state index >= 15 is 0 Å². The normalized spacial score (nSPS) is 21.1. The number of hydrogen-bond donors (Lipinski definition) is 2. The van der Waals surface area contributed by atoms with Gasteiger partial charge in [-0.25, -0.2) is 4.39 Å². The minimum atomic E-state index is -0.205. The van der Waals surface area contributed by atoms with Crippen molar-refractivity contribution in [2.45, 2.75) is 25.9 Å². The lowest BCUT2D eigenvalue weighted by molar-refractivity contribution is 0.00747. The smallest absolute Gasteiger partial charge is 0.191 e. The molecule has 2 unspecified atom stereocenters. The van der Waals surface area contributed by atoms with Gasteiger partial charge in [0.1, 0.15) is 5.82 Å². The molecule has 0 saturated carbocycles. The van der Waals surface area contributed by atoms with Gasteiger partial charge in [-0.2, -0.15) is 0 Å². The van der Waals surface area contributed by atoms with E-state index in [1.165, 1.54) is 6.07 Å². The van der Waals surface area contributed by atoms with E-state index in [9.17, 15) is 4.39 Å². The highest BCUT2D eigenvalue weighted by atomic mass is 19.1. The number of halogens is 1. The molecule has 2 atom stereocenters. The number of ether oxygens (including phenoxy) is 2. The fraction of sp³-hybridized carbons (Fsp3) is 0.696. The molecular formula is C23H38FN5O2. The van der Waals surface area contributed by atoms with Crippen LogP contribution in [0.25, 0.3) is 0 Å². The van der Waals surface area contributed by atoms with E-state index in [0.717, 1.165) is 57.5 Å². The van der Waals surface area contributed by atoms with Crippen LogP contribution in [0, 0.1) is 11.7 Å². The van der Waals surface area contributed by atoms with Crippen LogP contribution in [-0.4, -0.2) is 94.5 Å². The third-order valence-corrected chi connectivity index (χ3v) is 6.17. The number of morpholine rings is 2. The van der Waals surface area contributed by atoms with Gasteiger partial charge in [0, 0.05) is 52.4 Å². The van der Waals surface area contributed by atoms with Crippen molar-refractivity contribution in [1.29, 1.82) is 0 Å². The van der Waals surface area contributed by atoms with Gasteiger partial charge in [0.15, 0.2) is 5.96 Å². The summed E-state index contributed by atoms with van der Waals surface area (Å²) in [6.45, 7) is 12.6. The molecule has 2 aliphatic heterocycles. The summed E-state index contributed by atoms with van der Waals surface area (Å²) >= 11 is 0. The van der Waals surface area contributed by atoms with Gasteiger partial charge < -0.3 is 20.1 Å². The van der Waals surface area contributed by atoms with Gasteiger partial charge in [0.2, 0.25) is 0 Å². The van der Waals surface area contributed by atoms with E-state index in [-0.39, 0.29) is 11.9 Å². The second kappa shape index (κ2) is 12.3. The van der Waals surface area contributed by atoms with Crippen molar-refractivity contribution in [2.75, 3.05) is 72.7 Å². The average molecular weight is 436 g/mol. The lowest BCUT2D eigenvalue weighted by atomic mass is 10.0. The molecule has 174 valence electrons. The molecular weight excluding hydrogens is 397 g/mol. The zero-order chi connectivity index (χ0) is 22.1. The molecule has 8 heteroatoms. The van der Waals surface area contributed by atoms with Gasteiger partial charge in [-0.3, -0.25) is 14.8 Å². The van der Waals surface area contributed by atoms with Crippen molar-refractivity contribution >= 4 is 5.96 Å². The van der Waals surface area contributed by atoms with E-state index in [4.69, 9.17) is 9.47 Å². The minimum Gasteiger partial charge on any atom is -0.379 e. The molecule has 1 aromatic rings. The van der Waals surface area contributed by atoms with Crippen LogP contribution in [-0.2, 0) is 9.47 Å². The average Bonchev–Trinajstić information content (AvgIpc) is 2.79. The Labute approximate surface area is 186 Å². The van der Waals surface area contributed by atoms with E-state index in [1.54, 1.807) is 19.2 Å². The topological polar surface area (TPSA) is 61.4 Å². The summed E-state index contributed by atoms with van der Waals surface area (Å²) in [7, 11) is 1.79. The predicted octanol–water partition coefficient (Wildman–Crippen LogP) is 1.72. The molecule has 7 nitrogen and oxygen atoms in total. The first-order valence-corrected chi connectivity index (χ1v) is 11.4. The van der Waals surface area contributed by atoms with E-state index in [0.29, 0.717) is 31.7 Å². The SMILES string of the molecule is CN=C(NCC(c1cccc(F)c1)N1CCOCC1)NCC(C(C)C)N1CCOCC1. The summed E-state index contributed by atoms with van der Waals surface area (Å²) in [5.41, 5.74) is 0.971. The first-order valence-electron chi connectivity index (χ1n) is 11.4. The highest BCUT2D eigenvalue weighted by molar-refractivity contribution is 5.79. The Hall–Kier alpha value is -1.74. The third kappa shape index (κ3) is 7.14. The van der Waals surface area contributed by atoms with Crippen molar-refractivity contribution in [1.82, 2.24) is 20.4 Å². The molecule has 3 rings (SSSR count). The summed E-state index contributed by atoms with van der Waals surface area (Å²) in [6, 6.07) is 7.37. The summed E-state index contributed by atoms with van der Waals surface area (Å²) in [5, 5.41) is 6.98. The molecule has 2 fully saturated rings. The van der Waals surface area contributed by atoms with Gasteiger partial charge in [-0.1, -0.05) is 26.0 Å². The van der Waals surface area contributed by atoms with Crippen LogP contribution < -0.4 is 10.6 Å². The molecule has 2 heterocycles. The van der Waals surface area contributed by atoms with E-state index in [2.05, 4.69) is 39.3 Å². The maximum absolute atomic E-state index is 13.9. The second-order valence-electron chi connectivity index (χ2n) is 8.51. The highest BCUT2D eigenvalue weighted by Gasteiger charge is 2.25. The first-order chi connectivity index (χ1) is 15.1. The van der Waals surface area contributed by atoms with Crippen molar-refractivity contribution in [3.8, 4) is 0 Å². The van der Waals surface area contributed by atoms with Gasteiger partial charge in [-0.05, 0) is 23.6 Å².